The predicted octanol–water partition coefficient (Wildman–Crippen LogP) is 3.97. The third-order valence-corrected chi connectivity index (χ3v) is 3.61. The zero-order valence-corrected chi connectivity index (χ0v) is 14.3. The van der Waals surface area contributed by atoms with Crippen molar-refractivity contribution in [1.29, 1.82) is 0 Å². The fraction of sp³-hybridized carbons (Fsp3) is 0.125. The van der Waals surface area contributed by atoms with E-state index in [-0.39, 0.29) is 11.0 Å². The van der Waals surface area contributed by atoms with Crippen LogP contribution in [0.25, 0.3) is 0 Å². The number of thiocarbonyl (C=S) groups is 1. The summed E-state index contributed by atoms with van der Waals surface area (Å²) in [6.07, 6.45) is 0. The van der Waals surface area contributed by atoms with E-state index in [1.165, 1.54) is 0 Å². The molecule has 0 aliphatic rings. The van der Waals surface area contributed by atoms with Crippen molar-refractivity contribution < 1.29 is 9.53 Å². The molecule has 0 aliphatic carbocycles. The van der Waals surface area contributed by atoms with Gasteiger partial charge in [-0.25, -0.2) is 0 Å². The molecule has 0 bridgehead atoms. The van der Waals surface area contributed by atoms with Crippen molar-refractivity contribution in [2.24, 2.45) is 0 Å². The highest BCUT2D eigenvalue weighted by Crippen LogP contribution is 2.28. The SMILES string of the molecule is CCOc1cc(NC(=S)NC(=O)c2ccccc2)ccc1Br. The first kappa shape index (κ1) is 16.5. The van der Waals surface area contributed by atoms with E-state index in [1.54, 1.807) is 24.3 Å². The third kappa shape index (κ3) is 4.54. The lowest BCUT2D eigenvalue weighted by molar-refractivity contribution is 0.0977. The van der Waals surface area contributed by atoms with Crippen LogP contribution in [0.3, 0.4) is 0 Å². The van der Waals surface area contributed by atoms with E-state index in [1.807, 2.05) is 31.2 Å². The van der Waals surface area contributed by atoms with E-state index in [9.17, 15) is 4.79 Å². The van der Waals surface area contributed by atoms with Gasteiger partial charge < -0.3 is 10.1 Å². The Morgan fingerprint density at radius 3 is 2.64 bits per heavy atom. The first-order valence-corrected chi connectivity index (χ1v) is 7.90. The summed E-state index contributed by atoms with van der Waals surface area (Å²) in [4.78, 5) is 12.0. The molecule has 0 aliphatic heterocycles. The molecular formula is C16H15BrN2O2S. The highest BCUT2D eigenvalue weighted by atomic mass is 79.9. The summed E-state index contributed by atoms with van der Waals surface area (Å²) in [6, 6.07) is 14.4. The van der Waals surface area contributed by atoms with Crippen LogP contribution in [-0.2, 0) is 0 Å². The van der Waals surface area contributed by atoms with E-state index in [2.05, 4.69) is 26.6 Å². The van der Waals surface area contributed by atoms with E-state index in [0.717, 1.165) is 10.2 Å². The molecule has 0 spiro atoms. The molecule has 2 aromatic rings. The van der Waals surface area contributed by atoms with Crippen molar-refractivity contribution in [1.82, 2.24) is 5.32 Å². The number of hydrogen-bond donors (Lipinski definition) is 2. The van der Waals surface area contributed by atoms with Crippen LogP contribution >= 0.6 is 28.1 Å². The van der Waals surface area contributed by atoms with Gasteiger partial charge in [0.25, 0.3) is 5.91 Å². The van der Waals surface area contributed by atoms with Gasteiger partial charge in [0.1, 0.15) is 5.75 Å². The lowest BCUT2D eigenvalue weighted by Gasteiger charge is -2.12. The molecule has 0 saturated heterocycles. The van der Waals surface area contributed by atoms with Crippen LogP contribution in [0.4, 0.5) is 5.69 Å². The second-order valence-electron chi connectivity index (χ2n) is 4.35. The average molecular weight is 379 g/mol. The first-order chi connectivity index (χ1) is 10.6. The zero-order valence-electron chi connectivity index (χ0n) is 11.9. The molecule has 22 heavy (non-hydrogen) atoms. The number of anilines is 1. The summed E-state index contributed by atoms with van der Waals surface area (Å²) >= 11 is 8.57. The fourth-order valence-electron chi connectivity index (χ4n) is 1.77. The van der Waals surface area contributed by atoms with Gasteiger partial charge in [-0.15, -0.1) is 0 Å². The topological polar surface area (TPSA) is 50.4 Å². The molecule has 2 N–H and O–H groups in total. The van der Waals surface area contributed by atoms with Gasteiger partial charge in [-0.2, -0.15) is 0 Å². The molecule has 4 nitrogen and oxygen atoms in total. The van der Waals surface area contributed by atoms with Crippen molar-refractivity contribution in [3.63, 3.8) is 0 Å². The Kier molecular flexibility index (Phi) is 5.91. The van der Waals surface area contributed by atoms with Gasteiger partial charge in [-0.1, -0.05) is 18.2 Å². The Hall–Kier alpha value is -1.92. The number of nitrogens with one attached hydrogen (secondary N) is 2. The molecule has 0 unspecified atom stereocenters. The quantitative estimate of drug-likeness (QED) is 0.790. The number of hydrogen-bond acceptors (Lipinski definition) is 3. The van der Waals surface area contributed by atoms with Gasteiger partial charge >= 0.3 is 0 Å². The highest BCUT2D eigenvalue weighted by molar-refractivity contribution is 9.10. The van der Waals surface area contributed by atoms with Crippen LogP contribution in [0, 0.1) is 0 Å². The molecule has 2 rings (SSSR count). The van der Waals surface area contributed by atoms with Gasteiger partial charge in [-0.05, 0) is 59.3 Å². The molecule has 0 fully saturated rings. The molecule has 0 saturated carbocycles. The predicted molar refractivity (Wildman–Crippen MR) is 95.4 cm³/mol. The Balaban J connectivity index is 2.00. The standard InChI is InChI=1S/C16H15BrN2O2S/c1-2-21-14-10-12(8-9-13(14)17)18-16(22)19-15(20)11-6-4-3-5-7-11/h3-10H,2H2,1H3,(H2,18,19,20,22). The summed E-state index contributed by atoms with van der Waals surface area (Å²) in [6.45, 7) is 2.48. The van der Waals surface area contributed by atoms with Gasteiger partial charge in [0.15, 0.2) is 5.11 Å². The number of ether oxygens (including phenoxy) is 1. The van der Waals surface area contributed by atoms with Crippen LogP contribution in [0.2, 0.25) is 0 Å². The summed E-state index contributed by atoms with van der Waals surface area (Å²) in [5, 5.41) is 5.84. The second-order valence-corrected chi connectivity index (χ2v) is 5.62. The average Bonchev–Trinajstić information content (AvgIpc) is 2.51. The number of rotatable bonds is 4. The van der Waals surface area contributed by atoms with E-state index >= 15 is 0 Å². The van der Waals surface area contributed by atoms with E-state index in [4.69, 9.17) is 17.0 Å². The van der Waals surface area contributed by atoms with E-state index < -0.39 is 0 Å². The monoisotopic (exact) mass is 378 g/mol. The van der Waals surface area contributed by atoms with Crippen molar-refractivity contribution in [3.05, 3.63) is 58.6 Å². The van der Waals surface area contributed by atoms with Crippen LogP contribution < -0.4 is 15.4 Å². The lowest BCUT2D eigenvalue weighted by atomic mass is 10.2. The Morgan fingerprint density at radius 1 is 1.23 bits per heavy atom. The smallest absolute Gasteiger partial charge is 0.257 e. The molecule has 2 aromatic carbocycles. The van der Waals surface area contributed by atoms with Crippen LogP contribution in [0.1, 0.15) is 17.3 Å². The van der Waals surface area contributed by atoms with E-state index in [0.29, 0.717) is 17.9 Å². The Labute approximate surface area is 143 Å². The molecule has 6 heteroatoms. The van der Waals surface area contributed by atoms with Crippen molar-refractivity contribution in [3.8, 4) is 5.75 Å². The maximum Gasteiger partial charge on any atom is 0.257 e. The fourth-order valence-corrected chi connectivity index (χ4v) is 2.35. The number of carbonyl (C=O) groups is 1. The largest absolute Gasteiger partial charge is 0.493 e. The molecular weight excluding hydrogens is 364 g/mol. The minimum Gasteiger partial charge on any atom is -0.493 e. The van der Waals surface area contributed by atoms with Gasteiger partial charge in [-0.3, -0.25) is 10.1 Å². The number of halogens is 1. The summed E-state index contributed by atoms with van der Waals surface area (Å²) < 4.78 is 6.35. The Morgan fingerprint density at radius 2 is 1.95 bits per heavy atom. The maximum atomic E-state index is 12.0. The van der Waals surface area contributed by atoms with Crippen LogP contribution in [0.5, 0.6) is 5.75 Å². The molecule has 1 amide bonds. The van der Waals surface area contributed by atoms with Crippen molar-refractivity contribution >= 4 is 44.9 Å². The Bertz CT molecular complexity index is 677. The maximum absolute atomic E-state index is 12.0. The van der Waals surface area contributed by atoms with Crippen LogP contribution in [-0.4, -0.2) is 17.6 Å². The molecule has 0 aromatic heterocycles. The van der Waals surface area contributed by atoms with Gasteiger partial charge in [0.05, 0.1) is 11.1 Å². The number of carbonyl (C=O) groups excluding carboxylic acids is 1. The molecule has 0 atom stereocenters. The number of amides is 1. The lowest BCUT2D eigenvalue weighted by Crippen LogP contribution is -2.34. The van der Waals surface area contributed by atoms with Crippen LogP contribution in [0.15, 0.2) is 53.0 Å². The third-order valence-electron chi connectivity index (χ3n) is 2.75. The minimum absolute atomic E-state index is 0.235. The molecule has 0 heterocycles. The summed E-state index contributed by atoms with van der Waals surface area (Å²) in [5.41, 5.74) is 1.29. The molecule has 114 valence electrons. The minimum atomic E-state index is -0.250. The summed E-state index contributed by atoms with van der Waals surface area (Å²) in [7, 11) is 0. The van der Waals surface area contributed by atoms with Gasteiger partial charge in [0, 0.05) is 17.3 Å². The zero-order chi connectivity index (χ0) is 15.9. The van der Waals surface area contributed by atoms with Crippen molar-refractivity contribution in [2.45, 2.75) is 6.92 Å². The van der Waals surface area contributed by atoms with Gasteiger partial charge in [0.2, 0.25) is 0 Å². The second kappa shape index (κ2) is 7.91. The normalized spacial score (nSPS) is 9.91. The first-order valence-electron chi connectivity index (χ1n) is 6.70. The molecule has 0 radical (unpaired) electrons. The number of benzene rings is 2. The van der Waals surface area contributed by atoms with Crippen molar-refractivity contribution in [2.75, 3.05) is 11.9 Å². The summed E-state index contributed by atoms with van der Waals surface area (Å²) in [5.74, 6) is 0.463. The highest BCUT2D eigenvalue weighted by Gasteiger charge is 2.08.